The number of benzene rings is 2. The van der Waals surface area contributed by atoms with Gasteiger partial charge in [-0.05, 0) is 61.4 Å². The number of carbonyl (C=O) groups is 2. The summed E-state index contributed by atoms with van der Waals surface area (Å²) in [6.07, 6.45) is 2.78. The fourth-order valence-electron chi connectivity index (χ4n) is 4.60. The Morgan fingerprint density at radius 2 is 1.71 bits per heavy atom. The number of anilines is 1. The number of nitrogens with one attached hydrogen (secondary N) is 2. The van der Waals surface area contributed by atoms with Crippen molar-refractivity contribution in [2.75, 3.05) is 19.0 Å². The average Bonchev–Trinajstić information content (AvgIpc) is 3.38. The van der Waals surface area contributed by atoms with Crippen molar-refractivity contribution in [2.24, 2.45) is 5.41 Å². The highest BCUT2D eigenvalue weighted by Crippen LogP contribution is 2.32. The van der Waals surface area contributed by atoms with Crippen LogP contribution in [0.15, 0.2) is 55.0 Å². The summed E-state index contributed by atoms with van der Waals surface area (Å²) < 4.78 is 39.2. The third kappa shape index (κ3) is 11.8. The van der Waals surface area contributed by atoms with E-state index in [0.717, 1.165) is 46.8 Å². The van der Waals surface area contributed by atoms with Crippen LogP contribution in [0.25, 0.3) is 17.0 Å². The second-order valence-electron chi connectivity index (χ2n) is 12.2. The molecule has 12 heteroatoms. The smallest absolute Gasteiger partial charge is 0.395 e. The monoisotopic (exact) mass is 645 g/mol. The van der Waals surface area contributed by atoms with Gasteiger partial charge in [-0.3, -0.25) is 14.0 Å². The van der Waals surface area contributed by atoms with E-state index in [2.05, 4.69) is 79.1 Å². The SMILES string of the molecule is CC(C)(C)CC(C)(S)CO.CNc1cc(-c2cn3cc(C)cnc3n2)ccc1C.O=CNCc1ccc(C=O)c(C(F)(F)F)c1. The number of hydrogen-bond acceptors (Lipinski definition) is 7. The fourth-order valence-corrected chi connectivity index (χ4v) is 5.07. The van der Waals surface area contributed by atoms with Gasteiger partial charge in [0, 0.05) is 53.7 Å². The standard InChI is InChI=1S/C15H16N4.C10H8F3NO2.C8H18OS/c1-10-7-17-15-18-14(9-19(15)8-10)12-5-4-11(2)13(6-12)16-3;11-10(12,13)9-3-7(4-14-6-16)1-2-8(9)5-15;1-7(2,3)5-8(4,10)6-9/h4-9,16H,1-3H3;1-3,5-6H,4H2,(H,14,16);9-10H,5-6H2,1-4H3. The second kappa shape index (κ2) is 15.9. The number of amides is 1. The van der Waals surface area contributed by atoms with Gasteiger partial charge >= 0.3 is 6.18 Å². The van der Waals surface area contributed by atoms with E-state index in [1.807, 2.05) is 43.9 Å². The van der Waals surface area contributed by atoms with Crippen molar-refractivity contribution in [3.8, 4) is 11.3 Å². The third-order valence-electron chi connectivity index (χ3n) is 6.43. The highest BCUT2D eigenvalue weighted by atomic mass is 32.1. The molecule has 2 aromatic heterocycles. The predicted molar refractivity (Wildman–Crippen MR) is 176 cm³/mol. The number of aromatic nitrogens is 3. The van der Waals surface area contributed by atoms with Gasteiger partial charge in [-0.1, -0.05) is 45.0 Å². The van der Waals surface area contributed by atoms with E-state index in [1.165, 1.54) is 11.6 Å². The van der Waals surface area contributed by atoms with Gasteiger partial charge in [0.2, 0.25) is 12.2 Å². The number of nitrogens with zero attached hydrogens (tertiary/aromatic N) is 3. The minimum atomic E-state index is -4.58. The molecule has 0 radical (unpaired) electrons. The molecule has 0 aliphatic carbocycles. The van der Waals surface area contributed by atoms with Gasteiger partial charge in [-0.25, -0.2) is 9.97 Å². The zero-order valence-electron chi connectivity index (χ0n) is 26.7. The number of aliphatic hydroxyl groups is 1. The average molecular weight is 646 g/mol. The molecule has 1 atom stereocenters. The minimum absolute atomic E-state index is 0.00822. The van der Waals surface area contributed by atoms with Crippen LogP contribution in [0, 0.1) is 19.3 Å². The number of hydrogen-bond donors (Lipinski definition) is 4. The maximum absolute atomic E-state index is 12.5. The predicted octanol–water partition coefficient (Wildman–Crippen LogP) is 6.92. The minimum Gasteiger partial charge on any atom is -0.395 e. The Bertz CT molecular complexity index is 1580. The van der Waals surface area contributed by atoms with Crippen LogP contribution in [0.4, 0.5) is 18.9 Å². The van der Waals surface area contributed by atoms with E-state index in [0.29, 0.717) is 6.41 Å². The number of fused-ring (bicyclic) bond motifs is 1. The normalized spacial score (nSPS) is 12.6. The van der Waals surface area contributed by atoms with Crippen LogP contribution in [0.1, 0.15) is 66.7 Å². The molecule has 244 valence electrons. The largest absolute Gasteiger partial charge is 0.417 e. The Hall–Kier alpha value is -3.90. The summed E-state index contributed by atoms with van der Waals surface area (Å²) in [5.41, 5.74) is 4.63. The molecule has 1 amide bonds. The van der Waals surface area contributed by atoms with Gasteiger partial charge in [0.05, 0.1) is 17.9 Å². The van der Waals surface area contributed by atoms with Gasteiger partial charge < -0.3 is 15.7 Å². The van der Waals surface area contributed by atoms with Gasteiger partial charge in [-0.2, -0.15) is 25.8 Å². The number of imidazole rings is 1. The number of aliphatic hydroxyl groups excluding tert-OH is 1. The molecule has 2 heterocycles. The van der Waals surface area contributed by atoms with Crippen molar-refractivity contribution in [1.29, 1.82) is 0 Å². The first-order valence-corrected chi connectivity index (χ1v) is 14.6. The highest BCUT2D eigenvalue weighted by molar-refractivity contribution is 7.81. The molecular formula is C33H42F3N5O3S. The molecule has 45 heavy (non-hydrogen) atoms. The summed E-state index contributed by atoms with van der Waals surface area (Å²) in [5, 5.41) is 14.3. The summed E-state index contributed by atoms with van der Waals surface area (Å²) in [4.78, 5) is 29.3. The lowest BCUT2D eigenvalue weighted by atomic mass is 9.85. The Morgan fingerprint density at radius 1 is 1.02 bits per heavy atom. The zero-order valence-corrected chi connectivity index (χ0v) is 27.6. The number of halogens is 3. The molecule has 4 rings (SSSR count). The van der Waals surface area contributed by atoms with Crippen molar-refractivity contribution < 1.29 is 27.9 Å². The van der Waals surface area contributed by atoms with Crippen LogP contribution < -0.4 is 10.6 Å². The van der Waals surface area contributed by atoms with Gasteiger partial charge in [0.25, 0.3) is 0 Å². The van der Waals surface area contributed by atoms with Crippen LogP contribution in [0.5, 0.6) is 0 Å². The van der Waals surface area contributed by atoms with Crippen molar-refractivity contribution in [3.63, 3.8) is 0 Å². The number of rotatable bonds is 8. The first-order valence-electron chi connectivity index (χ1n) is 14.2. The molecule has 0 aliphatic heterocycles. The van der Waals surface area contributed by atoms with Gasteiger partial charge in [0.1, 0.15) is 0 Å². The van der Waals surface area contributed by atoms with Crippen molar-refractivity contribution in [3.05, 3.63) is 82.8 Å². The molecule has 0 bridgehead atoms. The molecule has 0 saturated carbocycles. The first-order chi connectivity index (χ1) is 20.9. The van der Waals surface area contributed by atoms with Crippen molar-refractivity contribution >= 4 is 36.8 Å². The van der Waals surface area contributed by atoms with Crippen molar-refractivity contribution in [1.82, 2.24) is 19.7 Å². The molecule has 8 nitrogen and oxygen atoms in total. The molecular weight excluding hydrogens is 603 g/mol. The number of carbonyl (C=O) groups excluding carboxylic acids is 2. The summed E-state index contributed by atoms with van der Waals surface area (Å²) >= 11 is 4.33. The van der Waals surface area contributed by atoms with Crippen LogP contribution in [0.2, 0.25) is 0 Å². The number of thiol groups is 1. The van der Waals surface area contributed by atoms with E-state index in [-0.39, 0.29) is 35.2 Å². The van der Waals surface area contributed by atoms with Crippen LogP contribution in [-0.4, -0.2) is 50.6 Å². The van der Waals surface area contributed by atoms with E-state index in [9.17, 15) is 22.8 Å². The lowest BCUT2D eigenvalue weighted by Gasteiger charge is -2.29. The number of aryl methyl sites for hydroxylation is 2. The Kier molecular flexibility index (Phi) is 13.2. The summed E-state index contributed by atoms with van der Waals surface area (Å²) in [7, 11) is 1.93. The van der Waals surface area contributed by atoms with E-state index in [4.69, 9.17) is 5.11 Å². The van der Waals surface area contributed by atoms with Crippen molar-refractivity contribution in [2.45, 2.75) is 65.4 Å². The molecule has 3 N–H and O–H groups in total. The van der Waals surface area contributed by atoms with E-state index < -0.39 is 17.3 Å². The molecule has 0 saturated heterocycles. The lowest BCUT2D eigenvalue weighted by Crippen LogP contribution is -2.28. The summed E-state index contributed by atoms with van der Waals surface area (Å²) in [6.45, 7) is 12.7. The second-order valence-corrected chi connectivity index (χ2v) is 13.3. The Balaban J connectivity index is 0.000000248. The molecule has 4 aromatic rings. The first kappa shape index (κ1) is 37.3. The summed E-state index contributed by atoms with van der Waals surface area (Å²) in [5.74, 6) is 0.729. The molecule has 0 aliphatic rings. The van der Waals surface area contributed by atoms with Gasteiger partial charge in [0.15, 0.2) is 6.29 Å². The Labute approximate surface area is 267 Å². The third-order valence-corrected chi connectivity index (χ3v) is 6.73. The van der Waals surface area contributed by atoms with E-state index in [1.54, 1.807) is 0 Å². The van der Waals surface area contributed by atoms with E-state index >= 15 is 0 Å². The number of alkyl halides is 3. The maximum Gasteiger partial charge on any atom is 0.417 e. The molecule has 1 unspecified atom stereocenters. The van der Waals surface area contributed by atoms with Crippen LogP contribution in [-0.2, 0) is 17.5 Å². The topological polar surface area (TPSA) is 109 Å². The van der Waals surface area contributed by atoms with Gasteiger partial charge in [-0.15, -0.1) is 0 Å². The molecule has 0 fully saturated rings. The zero-order chi connectivity index (χ0) is 34.0. The fraction of sp³-hybridized carbons (Fsp3) is 0.394. The number of aldehydes is 1. The molecule has 0 spiro atoms. The summed E-state index contributed by atoms with van der Waals surface area (Å²) in [6, 6.07) is 9.59. The molecule has 2 aromatic carbocycles. The van der Waals surface area contributed by atoms with Crippen LogP contribution >= 0.6 is 12.6 Å². The highest BCUT2D eigenvalue weighted by Gasteiger charge is 2.33. The lowest BCUT2D eigenvalue weighted by molar-refractivity contribution is -0.137. The maximum atomic E-state index is 12.5. The Morgan fingerprint density at radius 3 is 2.24 bits per heavy atom. The van der Waals surface area contributed by atoms with Crippen LogP contribution in [0.3, 0.4) is 0 Å². The quantitative estimate of drug-likeness (QED) is 0.122.